The molecule has 78 valence electrons. The predicted molar refractivity (Wildman–Crippen MR) is 55.7 cm³/mol. The molecule has 0 radical (unpaired) electrons. The van der Waals surface area contributed by atoms with Gasteiger partial charge in [-0.25, -0.2) is 14.8 Å². The Morgan fingerprint density at radius 3 is 3.00 bits per heavy atom. The zero-order valence-corrected chi connectivity index (χ0v) is 9.11. The fourth-order valence-electron chi connectivity index (χ4n) is 1.15. The first-order chi connectivity index (χ1) is 7.22. The molecule has 2 heterocycles. The van der Waals surface area contributed by atoms with Crippen LogP contribution in [0.1, 0.15) is 10.5 Å². The number of esters is 1. The molecule has 2 aromatic rings. The van der Waals surface area contributed by atoms with E-state index in [0.717, 1.165) is 5.82 Å². The summed E-state index contributed by atoms with van der Waals surface area (Å²) in [5.74, 6) is 0.321. The Morgan fingerprint density at radius 1 is 1.60 bits per heavy atom. The van der Waals surface area contributed by atoms with E-state index in [2.05, 4.69) is 14.7 Å². The number of thiazole rings is 1. The molecule has 15 heavy (non-hydrogen) atoms. The van der Waals surface area contributed by atoms with Crippen LogP contribution in [0.4, 0.5) is 0 Å². The van der Waals surface area contributed by atoms with E-state index in [1.165, 1.54) is 18.4 Å². The quantitative estimate of drug-likeness (QED) is 0.721. The van der Waals surface area contributed by atoms with Gasteiger partial charge < -0.3 is 9.30 Å². The molecular weight excluding hydrogens is 214 g/mol. The number of carbonyl (C=O) groups excluding carboxylic acids is 1. The maximum Gasteiger partial charge on any atom is 0.357 e. The molecule has 0 atom stereocenters. The van der Waals surface area contributed by atoms with E-state index in [4.69, 9.17) is 0 Å². The molecule has 0 aliphatic rings. The standard InChI is InChI=1S/C9H9N3O2S/c1-12-4-3-10-7(12)8-11-6(5-15-8)9(13)14-2/h3-5H,1-2H3. The Labute approximate surface area is 90.4 Å². The molecule has 0 amide bonds. The molecule has 0 N–H and O–H groups in total. The highest BCUT2D eigenvalue weighted by atomic mass is 32.1. The Balaban J connectivity index is 2.36. The van der Waals surface area contributed by atoms with Gasteiger partial charge >= 0.3 is 5.97 Å². The highest BCUT2D eigenvalue weighted by Crippen LogP contribution is 2.21. The van der Waals surface area contributed by atoms with Crippen LogP contribution in [0.3, 0.4) is 0 Å². The number of rotatable bonds is 2. The van der Waals surface area contributed by atoms with E-state index in [0.29, 0.717) is 10.7 Å². The summed E-state index contributed by atoms with van der Waals surface area (Å²) in [7, 11) is 3.21. The highest BCUT2D eigenvalue weighted by Gasteiger charge is 2.13. The predicted octanol–water partition coefficient (Wildman–Crippen LogP) is 1.33. The molecule has 5 nitrogen and oxygen atoms in total. The van der Waals surface area contributed by atoms with Crippen LogP contribution in [0.25, 0.3) is 10.8 Å². The van der Waals surface area contributed by atoms with E-state index in [1.807, 2.05) is 17.8 Å². The topological polar surface area (TPSA) is 57.0 Å². The molecule has 0 aromatic carbocycles. The Kier molecular flexibility index (Phi) is 2.51. The van der Waals surface area contributed by atoms with Crippen LogP contribution < -0.4 is 0 Å². The van der Waals surface area contributed by atoms with Crippen molar-refractivity contribution in [3.05, 3.63) is 23.5 Å². The van der Waals surface area contributed by atoms with E-state index >= 15 is 0 Å². The Hall–Kier alpha value is -1.69. The van der Waals surface area contributed by atoms with Crippen LogP contribution in [0, 0.1) is 0 Å². The zero-order chi connectivity index (χ0) is 10.8. The van der Waals surface area contributed by atoms with Crippen molar-refractivity contribution in [3.63, 3.8) is 0 Å². The maximum absolute atomic E-state index is 11.2. The summed E-state index contributed by atoms with van der Waals surface area (Å²) in [5.41, 5.74) is 0.320. The SMILES string of the molecule is COC(=O)c1csc(-c2nccn2C)n1. The van der Waals surface area contributed by atoms with Crippen molar-refractivity contribution in [2.75, 3.05) is 7.11 Å². The van der Waals surface area contributed by atoms with Crippen molar-refractivity contribution < 1.29 is 9.53 Å². The smallest absolute Gasteiger partial charge is 0.357 e. The second-order valence-corrected chi connectivity index (χ2v) is 3.75. The van der Waals surface area contributed by atoms with Crippen LogP contribution >= 0.6 is 11.3 Å². The molecule has 0 spiro atoms. The summed E-state index contributed by atoms with van der Waals surface area (Å²) in [6.07, 6.45) is 3.52. The number of methoxy groups -OCH3 is 1. The van der Waals surface area contributed by atoms with E-state index < -0.39 is 5.97 Å². The average molecular weight is 223 g/mol. The lowest BCUT2D eigenvalue weighted by atomic mass is 10.5. The lowest BCUT2D eigenvalue weighted by molar-refractivity contribution is 0.0595. The highest BCUT2D eigenvalue weighted by molar-refractivity contribution is 7.13. The molecule has 0 saturated carbocycles. The van der Waals surface area contributed by atoms with Gasteiger partial charge in [-0.15, -0.1) is 11.3 Å². The van der Waals surface area contributed by atoms with Gasteiger partial charge in [0, 0.05) is 24.8 Å². The van der Waals surface area contributed by atoms with Gasteiger partial charge in [0.1, 0.15) is 0 Å². The summed E-state index contributed by atoms with van der Waals surface area (Å²) in [6.45, 7) is 0. The molecular formula is C9H9N3O2S. The largest absolute Gasteiger partial charge is 0.464 e. The lowest BCUT2D eigenvalue weighted by Crippen LogP contribution is -2.01. The Morgan fingerprint density at radius 2 is 2.40 bits per heavy atom. The number of aryl methyl sites for hydroxylation is 1. The molecule has 2 aromatic heterocycles. The van der Waals surface area contributed by atoms with Crippen molar-refractivity contribution >= 4 is 17.3 Å². The summed E-state index contributed by atoms with van der Waals surface area (Å²) < 4.78 is 6.42. The molecule has 0 bridgehead atoms. The van der Waals surface area contributed by atoms with Crippen LogP contribution in [0.15, 0.2) is 17.8 Å². The molecule has 0 aliphatic carbocycles. The van der Waals surface area contributed by atoms with Gasteiger partial charge in [-0.05, 0) is 0 Å². The summed E-state index contributed by atoms with van der Waals surface area (Å²) in [6, 6.07) is 0. The molecule has 2 rings (SSSR count). The first-order valence-corrected chi connectivity index (χ1v) is 5.12. The third-order valence-corrected chi connectivity index (χ3v) is 2.75. The fraction of sp³-hybridized carbons (Fsp3) is 0.222. The minimum absolute atomic E-state index is 0.320. The molecule has 0 saturated heterocycles. The van der Waals surface area contributed by atoms with Crippen molar-refractivity contribution in [3.8, 4) is 10.8 Å². The van der Waals surface area contributed by atoms with Gasteiger partial charge in [-0.3, -0.25) is 0 Å². The first kappa shape index (κ1) is 9.85. The number of aromatic nitrogens is 3. The third-order valence-electron chi connectivity index (χ3n) is 1.91. The van der Waals surface area contributed by atoms with Crippen LogP contribution in [-0.2, 0) is 11.8 Å². The van der Waals surface area contributed by atoms with E-state index in [-0.39, 0.29) is 0 Å². The monoisotopic (exact) mass is 223 g/mol. The normalized spacial score (nSPS) is 10.3. The number of carbonyl (C=O) groups is 1. The van der Waals surface area contributed by atoms with Crippen LogP contribution in [-0.4, -0.2) is 27.6 Å². The average Bonchev–Trinajstić information content (AvgIpc) is 2.84. The number of ether oxygens (including phenoxy) is 1. The second-order valence-electron chi connectivity index (χ2n) is 2.89. The fourth-order valence-corrected chi connectivity index (χ4v) is 1.97. The van der Waals surface area contributed by atoms with Crippen molar-refractivity contribution in [2.45, 2.75) is 0 Å². The molecule has 0 unspecified atom stereocenters. The first-order valence-electron chi connectivity index (χ1n) is 4.24. The minimum atomic E-state index is -0.424. The molecule has 0 aliphatic heterocycles. The third kappa shape index (κ3) is 1.75. The van der Waals surface area contributed by atoms with Gasteiger partial charge in [0.25, 0.3) is 0 Å². The van der Waals surface area contributed by atoms with Gasteiger partial charge in [0.15, 0.2) is 16.5 Å². The van der Waals surface area contributed by atoms with E-state index in [9.17, 15) is 4.79 Å². The Bertz CT molecular complexity index is 489. The van der Waals surface area contributed by atoms with Gasteiger partial charge in [0.2, 0.25) is 0 Å². The summed E-state index contributed by atoms with van der Waals surface area (Å²) in [4.78, 5) is 19.5. The second kappa shape index (κ2) is 3.82. The summed E-state index contributed by atoms with van der Waals surface area (Å²) >= 11 is 1.37. The van der Waals surface area contributed by atoms with Gasteiger partial charge in [0.05, 0.1) is 7.11 Å². The molecule has 6 heteroatoms. The van der Waals surface area contributed by atoms with Crippen LogP contribution in [0.2, 0.25) is 0 Å². The maximum atomic E-state index is 11.2. The van der Waals surface area contributed by atoms with Crippen molar-refractivity contribution in [2.24, 2.45) is 7.05 Å². The van der Waals surface area contributed by atoms with Crippen molar-refractivity contribution in [1.29, 1.82) is 0 Å². The lowest BCUT2D eigenvalue weighted by Gasteiger charge is -1.95. The number of imidazole rings is 1. The minimum Gasteiger partial charge on any atom is -0.464 e. The van der Waals surface area contributed by atoms with Gasteiger partial charge in [-0.2, -0.15) is 0 Å². The van der Waals surface area contributed by atoms with Crippen LogP contribution in [0.5, 0.6) is 0 Å². The number of nitrogens with zero attached hydrogens (tertiary/aromatic N) is 3. The number of hydrogen-bond acceptors (Lipinski definition) is 5. The van der Waals surface area contributed by atoms with Crippen molar-refractivity contribution in [1.82, 2.24) is 14.5 Å². The van der Waals surface area contributed by atoms with E-state index in [1.54, 1.807) is 11.6 Å². The molecule has 0 fully saturated rings. The zero-order valence-electron chi connectivity index (χ0n) is 8.30. The summed E-state index contributed by atoms with van der Waals surface area (Å²) in [5, 5.41) is 2.37. The number of hydrogen-bond donors (Lipinski definition) is 0. The van der Waals surface area contributed by atoms with Gasteiger partial charge in [-0.1, -0.05) is 0 Å².